The summed E-state index contributed by atoms with van der Waals surface area (Å²) >= 11 is 0. The summed E-state index contributed by atoms with van der Waals surface area (Å²) in [5, 5.41) is 13.2. The van der Waals surface area contributed by atoms with Gasteiger partial charge in [0.2, 0.25) is 0 Å². The Balaban J connectivity index is 1.96. The average Bonchev–Trinajstić information content (AvgIpc) is 2.62. The van der Waals surface area contributed by atoms with Gasteiger partial charge in [0.25, 0.3) is 0 Å². The number of rotatable bonds is 2. The van der Waals surface area contributed by atoms with Crippen LogP contribution in [-0.2, 0) is 13.0 Å². The van der Waals surface area contributed by atoms with Gasteiger partial charge < -0.3 is 0 Å². The summed E-state index contributed by atoms with van der Waals surface area (Å²) in [5.41, 5.74) is 4.57. The van der Waals surface area contributed by atoms with Crippen LogP contribution in [0, 0.1) is 29.6 Å². The van der Waals surface area contributed by atoms with E-state index in [2.05, 4.69) is 36.6 Å². The molecular weight excluding hydrogens is 198 g/mol. The van der Waals surface area contributed by atoms with Gasteiger partial charge in [0.05, 0.1) is 24.7 Å². The quantitative estimate of drug-likeness (QED) is 0.760. The molecule has 3 rings (SSSR count). The first kappa shape index (κ1) is 9.89. The number of aromatic nitrogens is 2. The molecule has 3 nitrogen and oxygen atoms in total. The fourth-order valence-electron chi connectivity index (χ4n) is 3.51. The average molecular weight is 215 g/mol. The zero-order valence-corrected chi connectivity index (χ0v) is 10.1. The van der Waals surface area contributed by atoms with Crippen molar-refractivity contribution in [3.8, 4) is 6.07 Å². The van der Waals surface area contributed by atoms with Crippen molar-refractivity contribution in [2.75, 3.05) is 0 Å². The molecule has 2 aliphatic rings. The lowest BCUT2D eigenvalue weighted by Crippen LogP contribution is -2.07. The van der Waals surface area contributed by atoms with Crippen LogP contribution < -0.4 is 0 Å². The molecule has 2 atom stereocenters. The Morgan fingerprint density at radius 1 is 1.56 bits per heavy atom. The Morgan fingerprint density at radius 2 is 2.31 bits per heavy atom. The highest BCUT2D eigenvalue weighted by molar-refractivity contribution is 5.45. The third-order valence-electron chi connectivity index (χ3n) is 4.49. The number of fused-ring (bicyclic) bond motifs is 3. The Bertz CT molecular complexity index is 490. The number of hydrogen-bond donors (Lipinski definition) is 0. The highest BCUT2D eigenvalue weighted by Crippen LogP contribution is 2.70. The maximum absolute atomic E-state index is 8.64. The van der Waals surface area contributed by atoms with E-state index in [0.717, 1.165) is 18.4 Å². The number of nitrogens with zero attached hydrogens (tertiary/aromatic N) is 3. The van der Waals surface area contributed by atoms with Gasteiger partial charge in [-0.15, -0.1) is 0 Å². The first-order valence-corrected chi connectivity index (χ1v) is 6.00. The van der Waals surface area contributed by atoms with Crippen molar-refractivity contribution in [3.05, 3.63) is 17.0 Å². The standard InChI is InChI=1S/C13H17N3/c1-8-11-10(16(15-8)6-4-5-14)7-9-12(11)13(9,2)3/h9,12H,4,6-7H2,1-3H3/t9-,12-/m1/s1. The molecule has 3 heteroatoms. The third kappa shape index (κ3) is 1.05. The maximum atomic E-state index is 8.64. The molecule has 1 saturated carbocycles. The van der Waals surface area contributed by atoms with Crippen LogP contribution in [-0.4, -0.2) is 9.78 Å². The van der Waals surface area contributed by atoms with E-state index in [4.69, 9.17) is 5.26 Å². The lowest BCUT2D eigenvalue weighted by molar-refractivity contribution is 0.514. The van der Waals surface area contributed by atoms with Crippen molar-refractivity contribution in [2.24, 2.45) is 11.3 Å². The van der Waals surface area contributed by atoms with Crippen LogP contribution in [0.4, 0.5) is 0 Å². The summed E-state index contributed by atoms with van der Waals surface area (Å²) in [6, 6.07) is 2.19. The second kappa shape index (κ2) is 2.88. The van der Waals surface area contributed by atoms with Gasteiger partial charge in [-0.2, -0.15) is 10.4 Å². The lowest BCUT2D eigenvalue weighted by atomic mass is 9.98. The second-order valence-corrected chi connectivity index (χ2v) is 5.69. The Hall–Kier alpha value is -1.30. The van der Waals surface area contributed by atoms with Crippen molar-refractivity contribution < 1.29 is 0 Å². The fraction of sp³-hybridized carbons (Fsp3) is 0.692. The molecule has 16 heavy (non-hydrogen) atoms. The van der Waals surface area contributed by atoms with Crippen molar-refractivity contribution in [1.29, 1.82) is 5.26 Å². The smallest absolute Gasteiger partial charge is 0.0641 e. The Morgan fingerprint density at radius 3 is 3.00 bits per heavy atom. The number of hydrogen-bond acceptors (Lipinski definition) is 2. The van der Waals surface area contributed by atoms with Crippen LogP contribution in [0.25, 0.3) is 0 Å². The first-order chi connectivity index (χ1) is 7.57. The van der Waals surface area contributed by atoms with Crippen molar-refractivity contribution in [2.45, 2.75) is 46.1 Å². The molecule has 2 aliphatic carbocycles. The zero-order chi connectivity index (χ0) is 11.5. The van der Waals surface area contributed by atoms with Gasteiger partial charge in [0.15, 0.2) is 0 Å². The van der Waals surface area contributed by atoms with Crippen molar-refractivity contribution in [3.63, 3.8) is 0 Å². The van der Waals surface area contributed by atoms with Crippen LogP contribution in [0.2, 0.25) is 0 Å². The van der Waals surface area contributed by atoms with E-state index in [1.165, 1.54) is 23.4 Å². The van der Waals surface area contributed by atoms with E-state index in [0.29, 0.717) is 11.8 Å². The van der Waals surface area contributed by atoms with E-state index in [-0.39, 0.29) is 0 Å². The van der Waals surface area contributed by atoms with Gasteiger partial charge in [0, 0.05) is 11.3 Å². The van der Waals surface area contributed by atoms with Crippen LogP contribution in [0.15, 0.2) is 0 Å². The SMILES string of the molecule is Cc1nn(CCC#N)c2c1[C@H]1[C@@H](C2)C1(C)C. The van der Waals surface area contributed by atoms with Gasteiger partial charge in [0.1, 0.15) is 0 Å². The van der Waals surface area contributed by atoms with E-state index in [1.54, 1.807) is 0 Å². The lowest BCUT2D eigenvalue weighted by Gasteiger charge is -2.09. The third-order valence-corrected chi connectivity index (χ3v) is 4.49. The molecule has 0 saturated heterocycles. The monoisotopic (exact) mass is 215 g/mol. The Kier molecular flexibility index (Phi) is 1.78. The summed E-state index contributed by atoms with van der Waals surface area (Å²) in [6.45, 7) is 7.58. The van der Waals surface area contributed by atoms with Gasteiger partial charge in [-0.3, -0.25) is 4.68 Å². The van der Waals surface area contributed by atoms with E-state index < -0.39 is 0 Å². The van der Waals surface area contributed by atoms with Gasteiger partial charge >= 0.3 is 0 Å². The molecule has 0 unspecified atom stereocenters. The van der Waals surface area contributed by atoms with Crippen LogP contribution >= 0.6 is 0 Å². The summed E-state index contributed by atoms with van der Waals surface area (Å²) in [5.74, 6) is 1.56. The molecule has 1 fully saturated rings. The summed E-state index contributed by atoms with van der Waals surface area (Å²) in [6.07, 6.45) is 1.73. The van der Waals surface area contributed by atoms with Gasteiger partial charge in [-0.05, 0) is 30.6 Å². The highest BCUT2D eigenvalue weighted by atomic mass is 15.3. The molecule has 0 radical (unpaired) electrons. The summed E-state index contributed by atoms with van der Waals surface area (Å²) < 4.78 is 2.07. The minimum absolute atomic E-state index is 0.487. The number of aryl methyl sites for hydroxylation is 2. The first-order valence-electron chi connectivity index (χ1n) is 6.00. The minimum atomic E-state index is 0.487. The maximum Gasteiger partial charge on any atom is 0.0641 e. The summed E-state index contributed by atoms with van der Waals surface area (Å²) in [4.78, 5) is 0. The highest BCUT2D eigenvalue weighted by Gasteiger charge is 2.63. The minimum Gasteiger partial charge on any atom is -0.268 e. The zero-order valence-electron chi connectivity index (χ0n) is 10.1. The van der Waals surface area contributed by atoms with E-state index in [9.17, 15) is 0 Å². The second-order valence-electron chi connectivity index (χ2n) is 5.69. The molecule has 1 aromatic heterocycles. The molecule has 0 aliphatic heterocycles. The predicted molar refractivity (Wildman–Crippen MR) is 60.9 cm³/mol. The molecule has 0 aromatic carbocycles. The van der Waals surface area contributed by atoms with E-state index in [1.807, 2.05) is 0 Å². The van der Waals surface area contributed by atoms with Crippen LogP contribution in [0.3, 0.4) is 0 Å². The van der Waals surface area contributed by atoms with Crippen molar-refractivity contribution >= 4 is 0 Å². The van der Waals surface area contributed by atoms with Gasteiger partial charge in [-0.1, -0.05) is 13.8 Å². The number of nitriles is 1. The molecular formula is C13H17N3. The van der Waals surface area contributed by atoms with Crippen molar-refractivity contribution in [1.82, 2.24) is 9.78 Å². The fourth-order valence-corrected chi connectivity index (χ4v) is 3.51. The largest absolute Gasteiger partial charge is 0.268 e. The molecule has 0 bridgehead atoms. The Labute approximate surface area is 96.1 Å². The molecule has 1 heterocycles. The molecule has 0 amide bonds. The summed E-state index contributed by atoms with van der Waals surface area (Å²) in [7, 11) is 0. The molecule has 84 valence electrons. The van der Waals surface area contributed by atoms with Crippen LogP contribution in [0.1, 0.15) is 43.1 Å². The molecule has 1 aromatic rings. The van der Waals surface area contributed by atoms with Crippen LogP contribution in [0.5, 0.6) is 0 Å². The molecule has 0 spiro atoms. The normalized spacial score (nSPS) is 28.4. The predicted octanol–water partition coefficient (Wildman–Crippen LogP) is 2.40. The topological polar surface area (TPSA) is 41.6 Å². The van der Waals surface area contributed by atoms with E-state index >= 15 is 0 Å². The molecule has 0 N–H and O–H groups in total. The van der Waals surface area contributed by atoms with Gasteiger partial charge in [-0.25, -0.2) is 0 Å².